The number of esters is 1. The van der Waals surface area contributed by atoms with Crippen molar-refractivity contribution in [3.8, 4) is 11.5 Å². The lowest BCUT2D eigenvalue weighted by molar-refractivity contribution is 0.0600. The summed E-state index contributed by atoms with van der Waals surface area (Å²) in [5.41, 5.74) is 3.13. The number of hydrogen-bond donors (Lipinski definition) is 1. The van der Waals surface area contributed by atoms with Crippen LogP contribution in [0.2, 0.25) is 5.02 Å². The van der Waals surface area contributed by atoms with Gasteiger partial charge < -0.3 is 14.8 Å². The summed E-state index contributed by atoms with van der Waals surface area (Å²) in [6.07, 6.45) is 0. The second kappa shape index (κ2) is 8.94. The minimum absolute atomic E-state index is 0.0473. The van der Waals surface area contributed by atoms with E-state index in [2.05, 4.69) is 5.32 Å². The molecule has 0 aliphatic carbocycles. The van der Waals surface area contributed by atoms with Gasteiger partial charge in [0.25, 0.3) is 0 Å². The number of ether oxygens (including phenoxy) is 2. The Bertz CT molecular complexity index is 1290. The Labute approximate surface area is 192 Å². The molecule has 0 aromatic heterocycles. The number of sulfone groups is 1. The first-order valence-corrected chi connectivity index (χ1v) is 12.0. The van der Waals surface area contributed by atoms with E-state index in [0.29, 0.717) is 35.0 Å². The first-order chi connectivity index (χ1) is 15.3. The number of aryl methyl sites for hydroxylation is 1. The Hall–Kier alpha value is -2.87. The van der Waals surface area contributed by atoms with Gasteiger partial charge in [0.2, 0.25) is 0 Å². The summed E-state index contributed by atoms with van der Waals surface area (Å²) in [5, 5.41) is 3.67. The van der Waals surface area contributed by atoms with Gasteiger partial charge in [0, 0.05) is 18.7 Å². The summed E-state index contributed by atoms with van der Waals surface area (Å²) in [4.78, 5) is 11.9. The van der Waals surface area contributed by atoms with Crippen molar-refractivity contribution < 1.29 is 22.7 Å². The van der Waals surface area contributed by atoms with Gasteiger partial charge in [0.1, 0.15) is 16.4 Å². The molecule has 0 spiro atoms. The minimum Gasteiger partial charge on any atom is -0.465 e. The fraction of sp³-hybridized carbons (Fsp3) is 0.208. The van der Waals surface area contributed by atoms with Crippen molar-refractivity contribution in [3.63, 3.8) is 0 Å². The molecule has 1 N–H and O–H groups in total. The number of benzene rings is 3. The molecule has 0 unspecified atom stereocenters. The lowest BCUT2D eigenvalue weighted by Gasteiger charge is -2.14. The van der Waals surface area contributed by atoms with Gasteiger partial charge in [-0.05, 0) is 47.9 Å². The predicted octanol–water partition coefficient (Wildman–Crippen LogP) is 4.80. The molecule has 0 saturated carbocycles. The summed E-state index contributed by atoms with van der Waals surface area (Å²) >= 11 is 6.51. The molecule has 4 rings (SSSR count). The molecule has 6 nitrogen and oxygen atoms in total. The normalized spacial score (nSPS) is 14.0. The number of nitrogens with one attached hydrogen (secondary N) is 1. The van der Waals surface area contributed by atoms with Gasteiger partial charge in [0.15, 0.2) is 9.84 Å². The van der Waals surface area contributed by atoms with Crippen LogP contribution in [0.25, 0.3) is 0 Å². The van der Waals surface area contributed by atoms with Crippen LogP contribution in [0.5, 0.6) is 11.5 Å². The SMILES string of the molecule is COC(=O)c1cc(C)c2c(c1)S(=O)(=O)Cc1cc(CNCc3ccccc3)cc(Cl)c1O2. The number of halogens is 1. The maximum atomic E-state index is 13.2. The average molecular weight is 472 g/mol. The number of carbonyl (C=O) groups excluding carboxylic acids is 1. The maximum Gasteiger partial charge on any atom is 0.337 e. The van der Waals surface area contributed by atoms with Crippen LogP contribution in [0.4, 0.5) is 0 Å². The summed E-state index contributed by atoms with van der Waals surface area (Å²) in [6.45, 7) is 2.87. The van der Waals surface area contributed by atoms with Crippen molar-refractivity contribution in [1.29, 1.82) is 0 Å². The zero-order valence-electron chi connectivity index (χ0n) is 17.6. The van der Waals surface area contributed by atoms with Gasteiger partial charge in [0.05, 0.1) is 23.4 Å². The van der Waals surface area contributed by atoms with E-state index in [9.17, 15) is 13.2 Å². The third-order valence-electron chi connectivity index (χ3n) is 5.23. The van der Waals surface area contributed by atoms with E-state index in [0.717, 1.165) is 11.1 Å². The number of methoxy groups -OCH3 is 1. The fourth-order valence-electron chi connectivity index (χ4n) is 3.71. The molecule has 3 aromatic carbocycles. The van der Waals surface area contributed by atoms with Crippen LogP contribution in [-0.4, -0.2) is 21.5 Å². The summed E-state index contributed by atoms with van der Waals surface area (Å²) in [6, 6.07) is 16.4. The van der Waals surface area contributed by atoms with Crippen LogP contribution in [0.3, 0.4) is 0 Å². The molecular formula is C24H22ClNO5S. The van der Waals surface area contributed by atoms with Crippen LogP contribution >= 0.6 is 11.6 Å². The average Bonchev–Trinajstić information content (AvgIpc) is 2.88. The Morgan fingerprint density at radius 2 is 1.78 bits per heavy atom. The molecule has 3 aromatic rings. The summed E-state index contributed by atoms with van der Waals surface area (Å²) in [7, 11) is -2.54. The Morgan fingerprint density at radius 1 is 1.06 bits per heavy atom. The maximum absolute atomic E-state index is 13.2. The zero-order valence-corrected chi connectivity index (χ0v) is 19.2. The van der Waals surface area contributed by atoms with Crippen LogP contribution in [0.15, 0.2) is 59.5 Å². The van der Waals surface area contributed by atoms with Crippen LogP contribution in [0.1, 0.15) is 32.6 Å². The van der Waals surface area contributed by atoms with Crippen LogP contribution in [0, 0.1) is 6.92 Å². The predicted molar refractivity (Wildman–Crippen MR) is 122 cm³/mol. The topological polar surface area (TPSA) is 81.7 Å². The highest BCUT2D eigenvalue weighted by Crippen LogP contribution is 2.44. The van der Waals surface area contributed by atoms with Crippen LogP contribution in [-0.2, 0) is 33.4 Å². The largest absolute Gasteiger partial charge is 0.465 e. The molecule has 0 radical (unpaired) electrons. The third-order valence-corrected chi connectivity index (χ3v) is 7.17. The van der Waals surface area contributed by atoms with Gasteiger partial charge in [-0.2, -0.15) is 0 Å². The lowest BCUT2D eigenvalue weighted by atomic mass is 10.1. The highest BCUT2D eigenvalue weighted by molar-refractivity contribution is 7.90. The summed E-state index contributed by atoms with van der Waals surface area (Å²) in [5.74, 6) is -0.410. The van der Waals surface area contributed by atoms with Gasteiger partial charge in [-0.1, -0.05) is 41.9 Å². The molecule has 0 saturated heterocycles. The van der Waals surface area contributed by atoms with Gasteiger partial charge in [-0.3, -0.25) is 0 Å². The van der Waals surface area contributed by atoms with E-state index in [1.165, 1.54) is 13.2 Å². The molecule has 0 amide bonds. The zero-order chi connectivity index (χ0) is 22.9. The Balaban J connectivity index is 1.66. The highest BCUT2D eigenvalue weighted by Gasteiger charge is 2.31. The van der Waals surface area contributed by atoms with Crippen LogP contribution < -0.4 is 10.1 Å². The minimum atomic E-state index is -3.79. The fourth-order valence-corrected chi connectivity index (χ4v) is 5.58. The first-order valence-electron chi connectivity index (χ1n) is 9.98. The van der Waals surface area contributed by atoms with E-state index in [1.807, 2.05) is 30.3 Å². The van der Waals surface area contributed by atoms with E-state index in [1.54, 1.807) is 25.1 Å². The molecule has 1 aliphatic heterocycles. The molecule has 1 heterocycles. The molecular weight excluding hydrogens is 450 g/mol. The van der Waals surface area contributed by atoms with Crippen molar-refractivity contribution >= 4 is 27.4 Å². The van der Waals surface area contributed by atoms with Crippen molar-refractivity contribution in [1.82, 2.24) is 5.32 Å². The second-order valence-electron chi connectivity index (χ2n) is 7.63. The van der Waals surface area contributed by atoms with Gasteiger partial charge in [-0.25, -0.2) is 13.2 Å². The summed E-state index contributed by atoms with van der Waals surface area (Å²) < 4.78 is 37.2. The number of hydrogen-bond acceptors (Lipinski definition) is 6. The highest BCUT2D eigenvalue weighted by atomic mass is 35.5. The van der Waals surface area contributed by atoms with Crippen molar-refractivity contribution in [2.75, 3.05) is 7.11 Å². The second-order valence-corrected chi connectivity index (χ2v) is 9.99. The lowest BCUT2D eigenvalue weighted by Crippen LogP contribution is -2.13. The quantitative estimate of drug-likeness (QED) is 0.538. The molecule has 0 atom stereocenters. The number of rotatable bonds is 5. The van der Waals surface area contributed by atoms with Gasteiger partial charge >= 0.3 is 5.97 Å². The van der Waals surface area contributed by atoms with Crippen molar-refractivity contribution in [2.45, 2.75) is 30.7 Å². The molecule has 0 bridgehead atoms. The van der Waals surface area contributed by atoms with Crippen molar-refractivity contribution in [3.05, 3.63) is 87.4 Å². The smallest absolute Gasteiger partial charge is 0.337 e. The van der Waals surface area contributed by atoms with E-state index in [4.69, 9.17) is 21.1 Å². The molecule has 166 valence electrons. The van der Waals surface area contributed by atoms with Gasteiger partial charge in [-0.15, -0.1) is 0 Å². The number of carbonyl (C=O) groups is 1. The van der Waals surface area contributed by atoms with E-state index >= 15 is 0 Å². The Kier molecular flexibility index (Phi) is 6.24. The first kappa shape index (κ1) is 22.3. The number of fused-ring (bicyclic) bond motifs is 2. The molecule has 32 heavy (non-hydrogen) atoms. The molecule has 8 heteroatoms. The third kappa shape index (κ3) is 4.50. The molecule has 0 fully saturated rings. The Morgan fingerprint density at radius 3 is 2.50 bits per heavy atom. The molecule has 1 aliphatic rings. The van der Waals surface area contributed by atoms with E-state index in [-0.39, 0.29) is 22.0 Å². The monoisotopic (exact) mass is 471 g/mol. The van der Waals surface area contributed by atoms with E-state index < -0.39 is 15.8 Å². The standard InChI is InChI=1S/C24H22ClNO5S/c1-15-8-18(24(27)30-2)11-21-22(15)31-23-19(14-32(21,28)29)9-17(10-20(23)25)13-26-12-16-6-4-3-5-7-16/h3-11,26H,12-14H2,1-2H3. The van der Waals surface area contributed by atoms with Crippen molar-refractivity contribution in [2.24, 2.45) is 0 Å².